The van der Waals surface area contributed by atoms with E-state index in [4.69, 9.17) is 0 Å². The third kappa shape index (κ3) is 2.98. The molecule has 0 heterocycles. The number of hydrogen-bond acceptors (Lipinski definition) is 2. The Morgan fingerprint density at radius 1 is 1.30 bits per heavy atom. The Balaban J connectivity index is 1.75. The summed E-state index contributed by atoms with van der Waals surface area (Å²) >= 11 is 0. The number of carbonyl (C=O) groups excluding carboxylic acids is 1. The van der Waals surface area contributed by atoms with Gasteiger partial charge in [-0.1, -0.05) is 30.3 Å². The number of carbonyl (C=O) groups is 1. The van der Waals surface area contributed by atoms with Gasteiger partial charge in [0.15, 0.2) is 0 Å². The highest BCUT2D eigenvalue weighted by molar-refractivity contribution is 5.85. The van der Waals surface area contributed by atoms with Crippen LogP contribution in [0.15, 0.2) is 30.3 Å². The quantitative estimate of drug-likeness (QED) is 0.787. The van der Waals surface area contributed by atoms with E-state index in [0.29, 0.717) is 12.8 Å². The molecule has 0 radical (unpaired) electrons. The predicted molar refractivity (Wildman–Crippen MR) is 71.5 cm³/mol. The highest BCUT2D eigenvalue weighted by atomic mass is 19.3. The van der Waals surface area contributed by atoms with Crippen LogP contribution in [0.3, 0.4) is 0 Å². The molecular formula is C15H19F2NO2. The number of nitrogens with one attached hydrogen (secondary N) is 1. The third-order valence-corrected chi connectivity index (χ3v) is 3.82. The largest absolute Gasteiger partial charge is 0.383 e. The van der Waals surface area contributed by atoms with E-state index < -0.39 is 17.4 Å². The Morgan fingerprint density at radius 3 is 2.50 bits per heavy atom. The van der Waals surface area contributed by atoms with E-state index in [1.54, 1.807) is 0 Å². The number of amides is 1. The lowest BCUT2D eigenvalue weighted by Gasteiger charge is -2.41. The zero-order valence-electron chi connectivity index (χ0n) is 11.2. The molecule has 0 unspecified atom stereocenters. The minimum Gasteiger partial charge on any atom is -0.383 e. The Kier molecular flexibility index (Phi) is 4.38. The molecule has 1 aliphatic rings. The van der Waals surface area contributed by atoms with Gasteiger partial charge < -0.3 is 10.4 Å². The number of halogens is 2. The Hall–Kier alpha value is -1.49. The summed E-state index contributed by atoms with van der Waals surface area (Å²) < 4.78 is 27.5. The zero-order valence-corrected chi connectivity index (χ0v) is 11.2. The molecule has 1 saturated carbocycles. The van der Waals surface area contributed by atoms with Crippen molar-refractivity contribution in [3.8, 4) is 0 Å². The third-order valence-electron chi connectivity index (χ3n) is 3.82. The summed E-state index contributed by atoms with van der Waals surface area (Å²) in [6.07, 6.45) is 1.81. The number of alkyl halides is 2. The molecule has 2 rings (SSSR count). The molecule has 1 aromatic rings. The summed E-state index contributed by atoms with van der Waals surface area (Å²) in [5, 5.41) is 11.9. The van der Waals surface area contributed by atoms with E-state index >= 15 is 0 Å². The maximum absolute atomic E-state index is 13.7. The fraction of sp³-hybridized carbons (Fsp3) is 0.533. The molecule has 1 fully saturated rings. The molecule has 3 nitrogen and oxygen atoms in total. The van der Waals surface area contributed by atoms with Crippen LogP contribution in [-0.2, 0) is 11.2 Å². The highest BCUT2D eigenvalue weighted by Crippen LogP contribution is 2.44. The first kappa shape index (κ1) is 14.9. The first-order valence-corrected chi connectivity index (χ1v) is 6.88. The molecule has 0 aromatic heterocycles. The summed E-state index contributed by atoms with van der Waals surface area (Å²) in [7, 11) is 0. The van der Waals surface area contributed by atoms with Crippen LogP contribution in [0.5, 0.6) is 0 Å². The van der Waals surface area contributed by atoms with Gasteiger partial charge in [0.05, 0.1) is 0 Å². The number of aryl methyl sites for hydroxylation is 1. The first-order chi connectivity index (χ1) is 9.46. The van der Waals surface area contributed by atoms with E-state index in [0.717, 1.165) is 12.0 Å². The standard InChI is InChI=1S/C15H19F2NO2/c16-15(17,14(20)9-5-10-14)13(19)18-11-4-8-12-6-2-1-3-7-12/h1-3,6-7,20H,4-5,8-11H2,(H,18,19). The number of hydrogen-bond donors (Lipinski definition) is 2. The van der Waals surface area contributed by atoms with Crippen molar-refractivity contribution in [1.82, 2.24) is 5.32 Å². The Labute approximate surface area is 117 Å². The van der Waals surface area contributed by atoms with Crippen molar-refractivity contribution >= 4 is 5.91 Å². The topological polar surface area (TPSA) is 49.3 Å². The molecule has 2 N–H and O–H groups in total. The number of rotatable bonds is 6. The summed E-state index contributed by atoms with van der Waals surface area (Å²) in [5.41, 5.74) is -1.04. The lowest BCUT2D eigenvalue weighted by Crippen LogP contribution is -2.60. The lowest BCUT2D eigenvalue weighted by atomic mass is 9.75. The lowest BCUT2D eigenvalue weighted by molar-refractivity contribution is -0.215. The van der Waals surface area contributed by atoms with Crippen molar-refractivity contribution in [3.63, 3.8) is 0 Å². The second-order valence-corrected chi connectivity index (χ2v) is 5.30. The second-order valence-electron chi connectivity index (χ2n) is 5.30. The smallest absolute Gasteiger partial charge is 0.352 e. The normalized spacial score (nSPS) is 17.4. The second kappa shape index (κ2) is 5.87. The predicted octanol–water partition coefficient (Wildman–Crippen LogP) is 2.29. The highest BCUT2D eigenvalue weighted by Gasteiger charge is 2.60. The molecule has 1 aliphatic carbocycles. The Bertz CT molecular complexity index is 458. The first-order valence-electron chi connectivity index (χ1n) is 6.88. The molecule has 0 aliphatic heterocycles. The van der Waals surface area contributed by atoms with Gasteiger partial charge in [0.2, 0.25) is 0 Å². The SMILES string of the molecule is O=C(NCCCc1ccccc1)C(F)(F)C1(O)CCC1. The van der Waals surface area contributed by atoms with Crippen LogP contribution in [0.1, 0.15) is 31.2 Å². The number of aliphatic hydroxyl groups is 1. The van der Waals surface area contributed by atoms with E-state index in [9.17, 15) is 18.7 Å². The molecule has 0 spiro atoms. The van der Waals surface area contributed by atoms with E-state index in [2.05, 4.69) is 5.32 Å². The maximum Gasteiger partial charge on any atom is 0.352 e. The maximum atomic E-state index is 13.7. The van der Waals surface area contributed by atoms with Crippen LogP contribution in [0.25, 0.3) is 0 Å². The minimum atomic E-state index is -3.70. The van der Waals surface area contributed by atoms with Gasteiger partial charge in [-0.15, -0.1) is 0 Å². The van der Waals surface area contributed by atoms with Crippen LogP contribution in [0, 0.1) is 0 Å². The summed E-state index contributed by atoms with van der Waals surface area (Å²) in [6.45, 7) is 0.180. The van der Waals surface area contributed by atoms with Crippen molar-refractivity contribution in [2.45, 2.75) is 43.6 Å². The van der Waals surface area contributed by atoms with Crippen molar-refractivity contribution < 1.29 is 18.7 Å². The molecule has 1 amide bonds. The van der Waals surface area contributed by atoms with E-state index in [-0.39, 0.29) is 19.4 Å². The molecule has 1 aromatic carbocycles. The molecule has 5 heteroatoms. The van der Waals surface area contributed by atoms with Crippen LogP contribution < -0.4 is 5.32 Å². The van der Waals surface area contributed by atoms with Crippen molar-refractivity contribution in [2.75, 3.05) is 6.54 Å². The molecule has 0 atom stereocenters. The molecule has 0 bridgehead atoms. The monoisotopic (exact) mass is 283 g/mol. The summed E-state index contributed by atoms with van der Waals surface area (Å²) in [5.74, 6) is -5.06. The van der Waals surface area contributed by atoms with Crippen LogP contribution in [-0.4, -0.2) is 29.1 Å². The van der Waals surface area contributed by atoms with Crippen molar-refractivity contribution in [2.24, 2.45) is 0 Å². The van der Waals surface area contributed by atoms with Gasteiger partial charge >= 0.3 is 5.92 Å². The molecular weight excluding hydrogens is 264 g/mol. The average molecular weight is 283 g/mol. The molecule has 20 heavy (non-hydrogen) atoms. The van der Waals surface area contributed by atoms with Gasteiger partial charge in [-0.2, -0.15) is 8.78 Å². The zero-order chi connectivity index (χ0) is 14.6. The van der Waals surface area contributed by atoms with Crippen molar-refractivity contribution in [3.05, 3.63) is 35.9 Å². The van der Waals surface area contributed by atoms with Gasteiger partial charge in [0.1, 0.15) is 5.60 Å². The van der Waals surface area contributed by atoms with Crippen LogP contribution in [0.2, 0.25) is 0 Å². The van der Waals surface area contributed by atoms with E-state index in [1.165, 1.54) is 0 Å². The fourth-order valence-electron chi connectivity index (χ4n) is 2.29. The van der Waals surface area contributed by atoms with E-state index in [1.807, 2.05) is 30.3 Å². The molecule has 0 saturated heterocycles. The van der Waals surface area contributed by atoms with Gasteiger partial charge in [-0.05, 0) is 37.7 Å². The molecule has 110 valence electrons. The fourth-order valence-corrected chi connectivity index (χ4v) is 2.29. The van der Waals surface area contributed by atoms with Crippen molar-refractivity contribution in [1.29, 1.82) is 0 Å². The van der Waals surface area contributed by atoms with Crippen LogP contribution in [0.4, 0.5) is 8.78 Å². The summed E-state index contributed by atoms with van der Waals surface area (Å²) in [4.78, 5) is 11.5. The van der Waals surface area contributed by atoms with Gasteiger partial charge in [0.25, 0.3) is 5.91 Å². The van der Waals surface area contributed by atoms with Gasteiger partial charge in [0, 0.05) is 6.54 Å². The minimum absolute atomic E-state index is 0.0164. The summed E-state index contributed by atoms with van der Waals surface area (Å²) in [6, 6.07) is 9.63. The van der Waals surface area contributed by atoms with Gasteiger partial charge in [-0.3, -0.25) is 4.79 Å². The van der Waals surface area contributed by atoms with Crippen LogP contribution >= 0.6 is 0 Å². The average Bonchev–Trinajstić information content (AvgIpc) is 2.41. The number of benzene rings is 1. The Morgan fingerprint density at radius 2 is 1.95 bits per heavy atom. The van der Waals surface area contributed by atoms with Gasteiger partial charge in [-0.25, -0.2) is 0 Å².